The van der Waals surface area contributed by atoms with Gasteiger partial charge in [0.05, 0.1) is 13.2 Å². The number of phenolic OH excluding ortho intramolecular Hbond substituents is 1. The van der Waals surface area contributed by atoms with Crippen LogP contribution >= 0.6 is 0 Å². The Morgan fingerprint density at radius 2 is 1.05 bits per heavy atom. The van der Waals surface area contributed by atoms with Crippen molar-refractivity contribution in [3.05, 3.63) is 84.9 Å². The van der Waals surface area contributed by atoms with Gasteiger partial charge in [-0.05, 0) is 96.5 Å². The standard InChI is InChI=1S/C34H34O8S/c35-27-13-7-23(8-14-27)26-21-30(24-9-15-28(16-10-24)41-32-5-1-3-19-39-32)34(43(36,37)38)31(22-26)25-11-17-29(18-12-25)42-33-6-2-4-20-40-33/h7-18,21-22,32-33,35H,1-6,19-20H2,(H,36,37,38). The fourth-order valence-electron chi connectivity index (χ4n) is 5.49. The van der Waals surface area contributed by atoms with Crippen LogP contribution in [0.1, 0.15) is 38.5 Å². The molecule has 4 aromatic rings. The number of rotatable bonds is 8. The second kappa shape index (κ2) is 12.8. The first-order valence-corrected chi connectivity index (χ1v) is 16.0. The average Bonchev–Trinajstić information content (AvgIpc) is 3.02. The summed E-state index contributed by atoms with van der Waals surface area (Å²) >= 11 is 0. The molecule has 0 aromatic heterocycles. The fourth-order valence-corrected chi connectivity index (χ4v) is 6.40. The van der Waals surface area contributed by atoms with Crippen molar-refractivity contribution < 1.29 is 37.0 Å². The van der Waals surface area contributed by atoms with Crippen molar-refractivity contribution in [2.45, 2.75) is 56.0 Å². The molecule has 0 spiro atoms. The van der Waals surface area contributed by atoms with E-state index in [9.17, 15) is 18.1 Å². The van der Waals surface area contributed by atoms with Crippen molar-refractivity contribution in [2.75, 3.05) is 13.2 Å². The summed E-state index contributed by atoms with van der Waals surface area (Å²) in [6.45, 7) is 1.32. The predicted octanol–water partition coefficient (Wildman–Crippen LogP) is 7.45. The summed E-state index contributed by atoms with van der Waals surface area (Å²) < 4.78 is 59.9. The molecule has 2 fully saturated rings. The lowest BCUT2D eigenvalue weighted by molar-refractivity contribution is -0.106. The Labute approximate surface area is 251 Å². The molecule has 0 amide bonds. The van der Waals surface area contributed by atoms with Crippen LogP contribution in [0, 0.1) is 0 Å². The lowest BCUT2D eigenvalue weighted by Crippen LogP contribution is -2.24. The van der Waals surface area contributed by atoms with E-state index < -0.39 is 10.1 Å². The zero-order chi connectivity index (χ0) is 29.8. The number of hydrogen-bond donors (Lipinski definition) is 2. The highest BCUT2D eigenvalue weighted by atomic mass is 32.2. The van der Waals surface area contributed by atoms with E-state index in [1.54, 1.807) is 84.9 Å². The number of phenols is 1. The van der Waals surface area contributed by atoms with Crippen LogP contribution in [-0.4, -0.2) is 43.9 Å². The number of hydrogen-bond acceptors (Lipinski definition) is 7. The Balaban J connectivity index is 1.42. The smallest absolute Gasteiger partial charge is 0.295 e. The zero-order valence-electron chi connectivity index (χ0n) is 23.6. The molecule has 2 aliphatic heterocycles. The Kier molecular flexibility index (Phi) is 8.67. The van der Waals surface area contributed by atoms with Crippen LogP contribution in [0.4, 0.5) is 0 Å². The maximum atomic E-state index is 13.0. The van der Waals surface area contributed by atoms with E-state index in [1.165, 1.54) is 0 Å². The first-order valence-electron chi connectivity index (χ1n) is 14.6. The summed E-state index contributed by atoms with van der Waals surface area (Å²) in [4.78, 5) is -0.205. The van der Waals surface area contributed by atoms with Crippen LogP contribution in [0.5, 0.6) is 17.2 Å². The van der Waals surface area contributed by atoms with Crippen molar-refractivity contribution in [1.29, 1.82) is 0 Å². The summed E-state index contributed by atoms with van der Waals surface area (Å²) in [7, 11) is -4.67. The fraction of sp³-hybridized carbons (Fsp3) is 0.294. The van der Waals surface area contributed by atoms with Crippen LogP contribution in [0.25, 0.3) is 33.4 Å². The second-order valence-electron chi connectivity index (χ2n) is 10.8. The van der Waals surface area contributed by atoms with Crippen LogP contribution in [0.3, 0.4) is 0 Å². The Morgan fingerprint density at radius 1 is 0.605 bits per heavy atom. The molecule has 4 aromatic carbocycles. The number of aromatic hydroxyl groups is 1. The van der Waals surface area contributed by atoms with Gasteiger partial charge >= 0.3 is 0 Å². The minimum absolute atomic E-state index is 0.119. The van der Waals surface area contributed by atoms with Crippen LogP contribution < -0.4 is 9.47 Å². The molecule has 0 radical (unpaired) electrons. The highest BCUT2D eigenvalue weighted by molar-refractivity contribution is 7.86. The summed E-state index contributed by atoms with van der Waals surface area (Å²) in [5.74, 6) is 1.34. The largest absolute Gasteiger partial charge is 0.508 e. The molecule has 2 unspecified atom stereocenters. The molecule has 0 aliphatic carbocycles. The molecule has 8 nitrogen and oxygen atoms in total. The maximum Gasteiger partial charge on any atom is 0.295 e. The molecule has 6 rings (SSSR count). The maximum absolute atomic E-state index is 13.0. The zero-order valence-corrected chi connectivity index (χ0v) is 24.5. The SMILES string of the molecule is O=S(=O)(O)c1c(-c2ccc(OC3CCCCO3)cc2)cc(-c2ccc(O)cc2)cc1-c1ccc(OC2CCCCO2)cc1. The van der Waals surface area contributed by atoms with Gasteiger partial charge in [0.2, 0.25) is 0 Å². The summed E-state index contributed by atoms with van der Waals surface area (Å²) in [6.07, 6.45) is 5.10. The van der Waals surface area contributed by atoms with E-state index >= 15 is 0 Å². The molecule has 2 N–H and O–H groups in total. The normalized spacial score (nSPS) is 19.1. The monoisotopic (exact) mass is 602 g/mol. The molecular weight excluding hydrogens is 568 g/mol. The van der Waals surface area contributed by atoms with Gasteiger partial charge < -0.3 is 24.1 Å². The quantitative estimate of drug-likeness (QED) is 0.200. The first kappa shape index (κ1) is 29.2. The van der Waals surface area contributed by atoms with Gasteiger partial charge in [-0.1, -0.05) is 36.4 Å². The molecule has 2 atom stereocenters. The van der Waals surface area contributed by atoms with E-state index in [1.807, 2.05) is 0 Å². The van der Waals surface area contributed by atoms with Gasteiger partial charge in [-0.3, -0.25) is 4.55 Å². The molecule has 43 heavy (non-hydrogen) atoms. The minimum Gasteiger partial charge on any atom is -0.508 e. The highest BCUT2D eigenvalue weighted by Gasteiger charge is 2.25. The van der Waals surface area contributed by atoms with Crippen LogP contribution in [0.15, 0.2) is 89.8 Å². The van der Waals surface area contributed by atoms with Crippen molar-refractivity contribution in [2.24, 2.45) is 0 Å². The molecule has 0 saturated carbocycles. The minimum atomic E-state index is -4.67. The van der Waals surface area contributed by atoms with Gasteiger partial charge in [0.1, 0.15) is 22.1 Å². The predicted molar refractivity (Wildman–Crippen MR) is 163 cm³/mol. The third-order valence-electron chi connectivity index (χ3n) is 7.69. The first-order chi connectivity index (χ1) is 20.8. The van der Waals surface area contributed by atoms with E-state index in [2.05, 4.69) is 0 Å². The average molecular weight is 603 g/mol. The van der Waals surface area contributed by atoms with E-state index in [0.29, 0.717) is 52.5 Å². The molecule has 2 heterocycles. The van der Waals surface area contributed by atoms with Gasteiger partial charge in [0.25, 0.3) is 10.1 Å². The second-order valence-corrected chi connectivity index (χ2v) is 12.2. The van der Waals surface area contributed by atoms with E-state index in [-0.39, 0.29) is 23.2 Å². The molecule has 2 aliphatic rings. The van der Waals surface area contributed by atoms with Crippen molar-refractivity contribution in [1.82, 2.24) is 0 Å². The Bertz CT molecular complexity index is 1550. The lowest BCUT2D eigenvalue weighted by Gasteiger charge is -2.23. The third-order valence-corrected chi connectivity index (χ3v) is 8.64. The van der Waals surface area contributed by atoms with Gasteiger partial charge in [-0.2, -0.15) is 8.42 Å². The molecule has 0 bridgehead atoms. The lowest BCUT2D eigenvalue weighted by atomic mass is 9.93. The summed E-state index contributed by atoms with van der Waals surface area (Å²) in [6, 6.07) is 24.3. The van der Waals surface area contributed by atoms with Gasteiger partial charge in [0, 0.05) is 24.0 Å². The van der Waals surface area contributed by atoms with Gasteiger partial charge in [0.15, 0.2) is 12.6 Å². The van der Waals surface area contributed by atoms with Gasteiger partial charge in [-0.25, -0.2) is 0 Å². The molecule has 2 saturated heterocycles. The molecule has 9 heteroatoms. The highest BCUT2D eigenvalue weighted by Crippen LogP contribution is 2.41. The van der Waals surface area contributed by atoms with Crippen molar-refractivity contribution in [3.63, 3.8) is 0 Å². The van der Waals surface area contributed by atoms with E-state index in [4.69, 9.17) is 18.9 Å². The Morgan fingerprint density at radius 3 is 1.44 bits per heavy atom. The summed E-state index contributed by atoms with van der Waals surface area (Å²) in [5, 5.41) is 9.85. The molecule has 224 valence electrons. The molecular formula is C34H34O8S. The number of ether oxygens (including phenoxy) is 4. The van der Waals surface area contributed by atoms with Crippen LogP contribution in [-0.2, 0) is 19.6 Å². The number of benzene rings is 4. The van der Waals surface area contributed by atoms with E-state index in [0.717, 1.165) is 44.1 Å². The third kappa shape index (κ3) is 7.02. The Hall–Kier alpha value is -3.89. The van der Waals surface area contributed by atoms with Crippen molar-refractivity contribution >= 4 is 10.1 Å². The van der Waals surface area contributed by atoms with Crippen molar-refractivity contribution in [3.8, 4) is 50.6 Å². The topological polar surface area (TPSA) is 112 Å². The summed E-state index contributed by atoms with van der Waals surface area (Å²) in [5.41, 5.74) is 3.32. The van der Waals surface area contributed by atoms with Crippen LogP contribution in [0.2, 0.25) is 0 Å². The van der Waals surface area contributed by atoms with Gasteiger partial charge in [-0.15, -0.1) is 0 Å².